The van der Waals surface area contributed by atoms with Crippen LogP contribution in [0.15, 0.2) is 29.1 Å². The topological polar surface area (TPSA) is 65.2 Å². The average Bonchev–Trinajstić information content (AvgIpc) is 2.89. The van der Waals surface area contributed by atoms with E-state index in [0.717, 1.165) is 41.5 Å². The van der Waals surface area contributed by atoms with Gasteiger partial charge in [-0.1, -0.05) is 29.9 Å². The van der Waals surface area contributed by atoms with E-state index in [2.05, 4.69) is 15.2 Å². The molecular weight excluding hydrogens is 310 g/mol. The molecule has 1 amide bonds. The quantitative estimate of drug-likeness (QED) is 0.905. The third-order valence-corrected chi connectivity index (χ3v) is 4.90. The zero-order valence-corrected chi connectivity index (χ0v) is 14.0. The van der Waals surface area contributed by atoms with E-state index in [-0.39, 0.29) is 10.8 Å². The van der Waals surface area contributed by atoms with Crippen molar-refractivity contribution in [1.29, 1.82) is 0 Å². The number of aromatic nitrogens is 1. The number of likely N-dealkylation sites (tertiary alicyclic amines) is 1. The Bertz CT molecular complexity index is 727. The lowest BCUT2D eigenvalue weighted by atomic mass is 10.1. The molecular formula is C17H21N3O2S. The van der Waals surface area contributed by atoms with E-state index in [1.807, 2.05) is 24.3 Å². The van der Waals surface area contributed by atoms with E-state index in [9.17, 15) is 9.59 Å². The largest absolute Gasteiger partial charge is 0.326 e. The summed E-state index contributed by atoms with van der Waals surface area (Å²) in [5.41, 5.74) is 2.64. The van der Waals surface area contributed by atoms with Crippen LogP contribution >= 0.6 is 11.3 Å². The molecule has 23 heavy (non-hydrogen) atoms. The standard InChI is InChI=1S/C17H21N3O2S/c1-12(21)18-14-7-5-13(6-8-14)16-15(23-17(22)19-16)11-20-9-3-2-4-10-20/h5-8H,2-4,9-11H2,1H3,(H,18,21)(H,19,22). The van der Waals surface area contributed by atoms with Gasteiger partial charge < -0.3 is 10.3 Å². The number of hydrogen-bond donors (Lipinski definition) is 2. The molecule has 6 heteroatoms. The van der Waals surface area contributed by atoms with Gasteiger partial charge in [0.05, 0.1) is 5.69 Å². The van der Waals surface area contributed by atoms with Gasteiger partial charge in [-0.3, -0.25) is 14.5 Å². The van der Waals surface area contributed by atoms with Crippen molar-refractivity contribution in [2.75, 3.05) is 18.4 Å². The highest BCUT2D eigenvalue weighted by Crippen LogP contribution is 2.26. The molecule has 3 rings (SSSR count). The van der Waals surface area contributed by atoms with Crippen LogP contribution in [0.25, 0.3) is 11.3 Å². The monoisotopic (exact) mass is 331 g/mol. The molecule has 2 heterocycles. The van der Waals surface area contributed by atoms with Crippen LogP contribution in [0.4, 0.5) is 5.69 Å². The SMILES string of the molecule is CC(=O)Nc1ccc(-c2[nH]c(=O)sc2CN2CCCCC2)cc1. The first-order chi connectivity index (χ1) is 11.1. The summed E-state index contributed by atoms with van der Waals surface area (Å²) in [5, 5.41) is 2.75. The molecule has 0 radical (unpaired) electrons. The second-order valence-corrected chi connectivity index (χ2v) is 6.98. The minimum atomic E-state index is -0.0903. The zero-order valence-electron chi connectivity index (χ0n) is 13.2. The van der Waals surface area contributed by atoms with Gasteiger partial charge in [-0.25, -0.2) is 0 Å². The third kappa shape index (κ3) is 4.09. The highest BCUT2D eigenvalue weighted by atomic mass is 32.1. The van der Waals surface area contributed by atoms with Crippen molar-refractivity contribution in [3.05, 3.63) is 38.8 Å². The van der Waals surface area contributed by atoms with E-state index < -0.39 is 0 Å². The van der Waals surface area contributed by atoms with Gasteiger partial charge >= 0.3 is 4.87 Å². The number of carbonyl (C=O) groups is 1. The summed E-state index contributed by atoms with van der Waals surface area (Å²) in [6.07, 6.45) is 3.78. The van der Waals surface area contributed by atoms with Gasteiger partial charge in [0.2, 0.25) is 5.91 Å². The second-order valence-electron chi connectivity index (χ2n) is 5.91. The Balaban J connectivity index is 1.81. The van der Waals surface area contributed by atoms with Gasteiger partial charge in [-0.05, 0) is 43.6 Å². The van der Waals surface area contributed by atoms with Gasteiger partial charge in [0.15, 0.2) is 0 Å². The van der Waals surface area contributed by atoms with E-state index in [4.69, 9.17) is 0 Å². The number of nitrogens with zero attached hydrogens (tertiary/aromatic N) is 1. The summed E-state index contributed by atoms with van der Waals surface area (Å²) in [4.78, 5) is 29.4. The van der Waals surface area contributed by atoms with Crippen molar-refractivity contribution in [2.24, 2.45) is 0 Å². The molecule has 1 aromatic carbocycles. The highest BCUT2D eigenvalue weighted by Gasteiger charge is 2.16. The van der Waals surface area contributed by atoms with Gasteiger partial charge in [0, 0.05) is 24.0 Å². The fourth-order valence-corrected chi connectivity index (χ4v) is 3.84. The number of carbonyl (C=O) groups excluding carboxylic acids is 1. The first-order valence-electron chi connectivity index (χ1n) is 7.94. The smallest absolute Gasteiger partial charge is 0.305 e. The molecule has 1 aliphatic heterocycles. The number of rotatable bonds is 4. The Morgan fingerprint density at radius 3 is 2.57 bits per heavy atom. The van der Waals surface area contributed by atoms with Crippen molar-refractivity contribution in [3.8, 4) is 11.3 Å². The lowest BCUT2D eigenvalue weighted by Crippen LogP contribution is -2.28. The minimum absolute atomic E-state index is 0.0158. The number of anilines is 1. The summed E-state index contributed by atoms with van der Waals surface area (Å²) in [6.45, 7) is 4.52. The Labute approximate surface area is 139 Å². The summed E-state index contributed by atoms with van der Waals surface area (Å²) in [6, 6.07) is 7.58. The molecule has 2 N–H and O–H groups in total. The normalized spacial score (nSPS) is 15.5. The van der Waals surface area contributed by atoms with E-state index in [1.165, 1.54) is 37.5 Å². The molecule has 1 fully saturated rings. The van der Waals surface area contributed by atoms with Crippen LogP contribution in [0, 0.1) is 0 Å². The van der Waals surface area contributed by atoms with Crippen LogP contribution < -0.4 is 10.2 Å². The number of amides is 1. The van der Waals surface area contributed by atoms with Crippen molar-refractivity contribution < 1.29 is 4.79 Å². The molecule has 1 aliphatic rings. The number of benzene rings is 1. The highest BCUT2D eigenvalue weighted by molar-refractivity contribution is 7.09. The van der Waals surface area contributed by atoms with Gasteiger partial charge in [-0.15, -0.1) is 0 Å². The number of piperidine rings is 1. The van der Waals surface area contributed by atoms with Crippen molar-refractivity contribution >= 4 is 22.9 Å². The van der Waals surface area contributed by atoms with E-state index in [1.54, 1.807) is 0 Å². The fourth-order valence-electron chi connectivity index (χ4n) is 2.95. The molecule has 122 valence electrons. The van der Waals surface area contributed by atoms with Crippen LogP contribution in [-0.2, 0) is 11.3 Å². The van der Waals surface area contributed by atoms with Gasteiger partial charge in [0.25, 0.3) is 0 Å². The predicted octanol–water partition coefficient (Wildman–Crippen LogP) is 3.05. The first-order valence-corrected chi connectivity index (χ1v) is 8.76. The van der Waals surface area contributed by atoms with Gasteiger partial charge in [-0.2, -0.15) is 0 Å². The lowest BCUT2D eigenvalue weighted by Gasteiger charge is -2.26. The maximum Gasteiger partial charge on any atom is 0.305 e. The molecule has 2 aromatic rings. The van der Waals surface area contributed by atoms with Crippen LogP contribution in [-0.4, -0.2) is 28.9 Å². The number of nitrogens with one attached hydrogen (secondary N) is 2. The number of aromatic amines is 1. The molecule has 0 aliphatic carbocycles. The Kier molecular flexibility index (Phi) is 4.93. The molecule has 0 unspecified atom stereocenters. The molecule has 5 nitrogen and oxygen atoms in total. The third-order valence-electron chi connectivity index (χ3n) is 4.03. The average molecular weight is 331 g/mol. The fraction of sp³-hybridized carbons (Fsp3) is 0.412. The Hall–Kier alpha value is -1.92. The zero-order chi connectivity index (χ0) is 16.2. The summed E-state index contributed by atoms with van der Waals surface area (Å²) >= 11 is 1.30. The Morgan fingerprint density at radius 2 is 1.91 bits per heavy atom. The molecule has 0 spiro atoms. The second kappa shape index (κ2) is 7.10. The maximum atomic E-state index is 11.8. The van der Waals surface area contributed by atoms with Crippen LogP contribution in [0.3, 0.4) is 0 Å². The van der Waals surface area contributed by atoms with Crippen molar-refractivity contribution in [2.45, 2.75) is 32.7 Å². The first kappa shape index (κ1) is 16.0. The molecule has 1 saturated heterocycles. The molecule has 0 saturated carbocycles. The van der Waals surface area contributed by atoms with E-state index >= 15 is 0 Å². The van der Waals surface area contributed by atoms with Gasteiger partial charge in [0.1, 0.15) is 0 Å². The maximum absolute atomic E-state index is 11.8. The van der Waals surface area contributed by atoms with Crippen LogP contribution in [0.2, 0.25) is 0 Å². The van der Waals surface area contributed by atoms with E-state index in [0.29, 0.717) is 0 Å². The number of thiazole rings is 1. The number of H-pyrrole nitrogens is 1. The van der Waals surface area contributed by atoms with Crippen LogP contribution in [0.1, 0.15) is 31.1 Å². The van der Waals surface area contributed by atoms with Crippen LogP contribution in [0.5, 0.6) is 0 Å². The lowest BCUT2D eigenvalue weighted by molar-refractivity contribution is -0.114. The summed E-state index contributed by atoms with van der Waals surface area (Å²) < 4.78 is 0. The summed E-state index contributed by atoms with van der Waals surface area (Å²) in [7, 11) is 0. The molecule has 0 bridgehead atoms. The number of hydrogen-bond acceptors (Lipinski definition) is 4. The van der Waals surface area contributed by atoms with Crippen molar-refractivity contribution in [3.63, 3.8) is 0 Å². The Morgan fingerprint density at radius 1 is 1.22 bits per heavy atom. The molecule has 0 atom stereocenters. The molecule has 1 aromatic heterocycles. The summed E-state index contributed by atoms with van der Waals surface area (Å²) in [5.74, 6) is -0.0903. The minimum Gasteiger partial charge on any atom is -0.326 e. The van der Waals surface area contributed by atoms with Crippen molar-refractivity contribution in [1.82, 2.24) is 9.88 Å². The predicted molar refractivity (Wildman–Crippen MR) is 93.8 cm³/mol.